The van der Waals surface area contributed by atoms with Crippen molar-refractivity contribution >= 4 is 11.9 Å². The number of ether oxygens (including phenoxy) is 1. The first-order valence-electron chi connectivity index (χ1n) is 7.07. The summed E-state index contributed by atoms with van der Waals surface area (Å²) >= 11 is 0. The largest absolute Gasteiger partial charge is 0.468 e. The van der Waals surface area contributed by atoms with Gasteiger partial charge >= 0.3 is 5.97 Å². The Kier molecular flexibility index (Phi) is 5.46. The zero-order valence-corrected chi connectivity index (χ0v) is 13.0. The molecule has 0 saturated carbocycles. The smallest absolute Gasteiger partial charge is 0.314 e. The topological polar surface area (TPSA) is 73.2 Å². The van der Waals surface area contributed by atoms with Crippen LogP contribution in [0.3, 0.4) is 0 Å². The third-order valence-corrected chi connectivity index (χ3v) is 3.38. The van der Waals surface area contributed by atoms with Crippen LogP contribution >= 0.6 is 0 Å². The second kappa shape index (κ2) is 7.53. The molecule has 23 heavy (non-hydrogen) atoms. The highest BCUT2D eigenvalue weighted by molar-refractivity contribution is 5.81. The van der Waals surface area contributed by atoms with Gasteiger partial charge in [0, 0.05) is 19.8 Å². The van der Waals surface area contributed by atoms with E-state index in [0.717, 1.165) is 5.56 Å². The second-order valence-corrected chi connectivity index (χ2v) is 5.13. The summed E-state index contributed by atoms with van der Waals surface area (Å²) in [5.74, 6) is -1.79. The Bertz CT molecular complexity index is 682. The summed E-state index contributed by atoms with van der Waals surface area (Å²) in [5, 5.41) is 6.69. The van der Waals surface area contributed by atoms with Gasteiger partial charge in [-0.2, -0.15) is 5.10 Å². The summed E-state index contributed by atoms with van der Waals surface area (Å²) < 4.78 is 19.4. The molecule has 1 heterocycles. The van der Waals surface area contributed by atoms with Gasteiger partial charge < -0.3 is 10.1 Å². The van der Waals surface area contributed by atoms with Crippen LogP contribution in [0, 0.1) is 5.82 Å². The standard InChI is InChI=1S/C16H18FN3O3/c1-20-10-11(8-19-20)7-15(21)18-9-14(16(22)23-2)12-3-5-13(17)6-4-12/h3-6,8,10,14H,7,9H2,1-2H3,(H,18,21). The Hall–Kier alpha value is -2.70. The summed E-state index contributed by atoms with van der Waals surface area (Å²) in [6, 6.07) is 5.54. The number of esters is 1. The van der Waals surface area contributed by atoms with Gasteiger partial charge in [0.1, 0.15) is 5.82 Å². The SMILES string of the molecule is COC(=O)C(CNC(=O)Cc1cnn(C)c1)c1ccc(F)cc1. The van der Waals surface area contributed by atoms with Gasteiger partial charge in [0.15, 0.2) is 0 Å². The lowest BCUT2D eigenvalue weighted by molar-refractivity contribution is -0.142. The maximum Gasteiger partial charge on any atom is 0.314 e. The molecule has 1 aromatic carbocycles. The molecule has 1 N–H and O–H groups in total. The van der Waals surface area contributed by atoms with E-state index < -0.39 is 17.7 Å². The van der Waals surface area contributed by atoms with Crippen molar-refractivity contribution in [2.45, 2.75) is 12.3 Å². The minimum atomic E-state index is -0.682. The third kappa shape index (κ3) is 4.64. The first kappa shape index (κ1) is 16.7. The molecule has 0 radical (unpaired) electrons. The molecule has 2 aromatic rings. The molecule has 1 amide bonds. The summed E-state index contributed by atoms with van der Waals surface area (Å²) in [5.41, 5.74) is 1.36. The highest BCUT2D eigenvalue weighted by Gasteiger charge is 2.22. The van der Waals surface area contributed by atoms with Gasteiger partial charge in [0.25, 0.3) is 0 Å². The molecule has 1 aromatic heterocycles. The summed E-state index contributed by atoms with van der Waals surface area (Å²) in [7, 11) is 3.04. The van der Waals surface area contributed by atoms with Gasteiger partial charge in [-0.1, -0.05) is 12.1 Å². The molecule has 0 aliphatic heterocycles. The van der Waals surface area contributed by atoms with Gasteiger partial charge in [-0.15, -0.1) is 0 Å². The Labute approximate surface area is 133 Å². The van der Waals surface area contributed by atoms with Gasteiger partial charge in [-0.05, 0) is 23.3 Å². The number of methoxy groups -OCH3 is 1. The molecule has 6 nitrogen and oxygen atoms in total. The van der Waals surface area contributed by atoms with Gasteiger partial charge in [0.2, 0.25) is 5.91 Å². The molecule has 122 valence electrons. The number of aromatic nitrogens is 2. The van der Waals surface area contributed by atoms with E-state index in [1.165, 1.54) is 31.4 Å². The first-order valence-corrected chi connectivity index (χ1v) is 7.07. The van der Waals surface area contributed by atoms with E-state index in [2.05, 4.69) is 10.4 Å². The fraction of sp³-hybridized carbons (Fsp3) is 0.312. The first-order chi connectivity index (χ1) is 11.0. The highest BCUT2D eigenvalue weighted by atomic mass is 19.1. The van der Waals surface area contributed by atoms with Crippen LogP contribution in [-0.2, 0) is 27.8 Å². The normalized spacial score (nSPS) is 11.8. The van der Waals surface area contributed by atoms with Crippen LogP contribution in [0.25, 0.3) is 0 Å². The van der Waals surface area contributed by atoms with Gasteiger partial charge in [-0.25, -0.2) is 4.39 Å². The summed E-state index contributed by atoms with van der Waals surface area (Å²) in [6.07, 6.45) is 3.53. The number of rotatable bonds is 6. The van der Waals surface area contributed by atoms with E-state index >= 15 is 0 Å². The van der Waals surface area contributed by atoms with E-state index in [0.29, 0.717) is 5.56 Å². The van der Waals surface area contributed by atoms with Crippen molar-refractivity contribution in [3.05, 3.63) is 53.6 Å². The molecule has 1 unspecified atom stereocenters. The van der Waals surface area contributed by atoms with Crippen molar-refractivity contribution in [1.29, 1.82) is 0 Å². The number of halogens is 1. The van der Waals surface area contributed by atoms with E-state index in [4.69, 9.17) is 4.74 Å². The zero-order chi connectivity index (χ0) is 16.8. The number of benzene rings is 1. The predicted octanol–water partition coefficient (Wildman–Crippen LogP) is 1.17. The van der Waals surface area contributed by atoms with Crippen LogP contribution < -0.4 is 5.32 Å². The Balaban J connectivity index is 1.99. The number of nitrogens with zero attached hydrogens (tertiary/aromatic N) is 2. The average Bonchev–Trinajstić information content (AvgIpc) is 2.93. The van der Waals surface area contributed by atoms with Crippen LogP contribution in [0.4, 0.5) is 4.39 Å². The highest BCUT2D eigenvalue weighted by Crippen LogP contribution is 2.17. The Morgan fingerprint density at radius 2 is 2.04 bits per heavy atom. The summed E-state index contributed by atoms with van der Waals surface area (Å²) in [4.78, 5) is 23.9. The maximum absolute atomic E-state index is 13.0. The summed E-state index contributed by atoms with van der Waals surface area (Å²) in [6.45, 7) is 0.0808. The van der Waals surface area contributed by atoms with Crippen LogP contribution in [0.15, 0.2) is 36.7 Å². The van der Waals surface area contributed by atoms with Crippen molar-refractivity contribution in [2.75, 3.05) is 13.7 Å². The van der Waals surface area contributed by atoms with E-state index in [1.54, 1.807) is 24.1 Å². The minimum Gasteiger partial charge on any atom is -0.468 e. The lowest BCUT2D eigenvalue weighted by Crippen LogP contribution is -2.33. The van der Waals surface area contributed by atoms with Crippen molar-refractivity contribution in [1.82, 2.24) is 15.1 Å². The Morgan fingerprint density at radius 3 is 2.61 bits per heavy atom. The maximum atomic E-state index is 13.0. The number of nitrogens with one attached hydrogen (secondary N) is 1. The molecule has 2 rings (SSSR count). The van der Waals surface area contributed by atoms with Gasteiger partial charge in [-0.3, -0.25) is 14.3 Å². The molecule has 0 fully saturated rings. The molecule has 0 aliphatic carbocycles. The van der Waals surface area contributed by atoms with Gasteiger partial charge in [0.05, 0.1) is 25.6 Å². The predicted molar refractivity (Wildman–Crippen MR) is 81.1 cm³/mol. The third-order valence-electron chi connectivity index (χ3n) is 3.38. The second-order valence-electron chi connectivity index (χ2n) is 5.13. The fourth-order valence-electron chi connectivity index (χ4n) is 2.20. The quantitative estimate of drug-likeness (QED) is 0.811. The van der Waals surface area contributed by atoms with Crippen LogP contribution in [0.2, 0.25) is 0 Å². The number of amides is 1. The molecule has 0 saturated heterocycles. The van der Waals surface area contributed by atoms with Crippen molar-refractivity contribution in [3.8, 4) is 0 Å². The fourth-order valence-corrected chi connectivity index (χ4v) is 2.20. The van der Waals surface area contributed by atoms with Crippen LogP contribution in [0.1, 0.15) is 17.0 Å². The van der Waals surface area contributed by atoms with Crippen LogP contribution in [-0.4, -0.2) is 35.3 Å². The van der Waals surface area contributed by atoms with Crippen molar-refractivity contribution in [2.24, 2.45) is 7.05 Å². The average molecular weight is 319 g/mol. The molecular weight excluding hydrogens is 301 g/mol. The monoisotopic (exact) mass is 319 g/mol. The minimum absolute atomic E-state index is 0.0808. The lowest BCUT2D eigenvalue weighted by atomic mass is 9.99. The zero-order valence-electron chi connectivity index (χ0n) is 13.0. The van der Waals surface area contributed by atoms with Crippen molar-refractivity contribution < 1.29 is 18.7 Å². The Morgan fingerprint density at radius 1 is 1.35 bits per heavy atom. The van der Waals surface area contributed by atoms with E-state index in [1.807, 2.05) is 0 Å². The molecular formula is C16H18FN3O3. The number of hydrogen-bond acceptors (Lipinski definition) is 4. The number of hydrogen-bond donors (Lipinski definition) is 1. The number of carbonyl (C=O) groups excluding carboxylic acids is 2. The molecule has 0 spiro atoms. The van der Waals surface area contributed by atoms with E-state index in [-0.39, 0.29) is 18.9 Å². The van der Waals surface area contributed by atoms with Crippen molar-refractivity contribution in [3.63, 3.8) is 0 Å². The number of aryl methyl sites for hydroxylation is 1. The molecule has 7 heteroatoms. The lowest BCUT2D eigenvalue weighted by Gasteiger charge is -2.15. The van der Waals surface area contributed by atoms with Crippen LogP contribution in [0.5, 0.6) is 0 Å². The van der Waals surface area contributed by atoms with E-state index in [9.17, 15) is 14.0 Å². The molecule has 0 bridgehead atoms. The molecule has 0 aliphatic rings. The number of carbonyl (C=O) groups is 2. The molecule has 1 atom stereocenters.